The van der Waals surface area contributed by atoms with Gasteiger partial charge in [0, 0.05) is 37.1 Å². The normalized spacial score (nSPS) is 19.1. The minimum atomic E-state index is -0.556. The third-order valence-electron chi connectivity index (χ3n) is 5.93. The summed E-state index contributed by atoms with van der Waals surface area (Å²) >= 11 is 0. The van der Waals surface area contributed by atoms with Crippen LogP contribution >= 0.6 is 0 Å². The lowest BCUT2D eigenvalue weighted by molar-refractivity contribution is 0.0520. The van der Waals surface area contributed by atoms with Crippen LogP contribution in [0.3, 0.4) is 0 Å². The Balaban J connectivity index is 1.58. The van der Waals surface area contributed by atoms with Crippen LogP contribution in [0.15, 0.2) is 16.9 Å². The summed E-state index contributed by atoms with van der Waals surface area (Å²) in [6.07, 6.45) is 2.17. The molecular weight excluding hydrogens is 401 g/mol. The summed E-state index contributed by atoms with van der Waals surface area (Å²) in [7, 11) is 0. The second kappa shape index (κ2) is 7.73. The van der Waals surface area contributed by atoms with Crippen molar-refractivity contribution < 1.29 is 19.0 Å². The first-order chi connectivity index (χ1) is 14.5. The SMILES string of the molecule is Cc1c(N2CC[C@H](CNC(=O)OC(C)(C)C)C2)c(F)cc2c(O)cc(=O)n(C3CC3)c12. The number of benzene rings is 1. The molecule has 1 aromatic heterocycles. The number of alkyl carbamates (subject to hydrolysis) is 1. The highest BCUT2D eigenvalue weighted by molar-refractivity contribution is 5.92. The quantitative estimate of drug-likeness (QED) is 0.769. The Hall–Kier alpha value is -2.77. The topological polar surface area (TPSA) is 83.8 Å². The molecule has 31 heavy (non-hydrogen) atoms. The van der Waals surface area contributed by atoms with Gasteiger partial charge in [-0.05, 0) is 64.5 Å². The fourth-order valence-corrected chi connectivity index (χ4v) is 4.46. The van der Waals surface area contributed by atoms with Crippen LogP contribution in [-0.2, 0) is 4.74 Å². The highest BCUT2D eigenvalue weighted by atomic mass is 19.1. The van der Waals surface area contributed by atoms with Gasteiger partial charge in [-0.15, -0.1) is 0 Å². The van der Waals surface area contributed by atoms with Crippen LogP contribution in [0.4, 0.5) is 14.9 Å². The molecule has 2 heterocycles. The first-order valence-corrected chi connectivity index (χ1v) is 10.8. The number of halogens is 1. The number of anilines is 1. The molecule has 1 aliphatic heterocycles. The van der Waals surface area contributed by atoms with Crippen LogP contribution in [0, 0.1) is 18.7 Å². The Kier molecular flexibility index (Phi) is 5.35. The van der Waals surface area contributed by atoms with E-state index in [1.165, 1.54) is 12.1 Å². The molecule has 0 bridgehead atoms. The van der Waals surface area contributed by atoms with Crippen LogP contribution in [0.5, 0.6) is 5.75 Å². The molecule has 168 valence electrons. The molecule has 8 heteroatoms. The molecule has 2 fully saturated rings. The van der Waals surface area contributed by atoms with Crippen molar-refractivity contribution in [3.8, 4) is 5.75 Å². The minimum absolute atomic E-state index is 0.108. The molecule has 2 N–H and O–H groups in total. The Morgan fingerprint density at radius 2 is 2.00 bits per heavy atom. The largest absolute Gasteiger partial charge is 0.507 e. The Morgan fingerprint density at radius 1 is 1.29 bits per heavy atom. The molecule has 0 unspecified atom stereocenters. The number of aromatic hydroxyl groups is 1. The average Bonchev–Trinajstić information content (AvgIpc) is 3.38. The molecule has 1 aromatic carbocycles. The summed E-state index contributed by atoms with van der Waals surface area (Å²) in [6, 6.07) is 2.61. The number of aromatic nitrogens is 1. The van der Waals surface area contributed by atoms with Crippen LogP contribution in [0.25, 0.3) is 10.9 Å². The number of pyridine rings is 1. The van der Waals surface area contributed by atoms with Crippen molar-refractivity contribution in [2.45, 2.75) is 58.6 Å². The van der Waals surface area contributed by atoms with Gasteiger partial charge in [0.05, 0.1) is 11.2 Å². The first kappa shape index (κ1) is 21.5. The van der Waals surface area contributed by atoms with Crippen LogP contribution in [-0.4, -0.2) is 41.0 Å². The summed E-state index contributed by atoms with van der Waals surface area (Å²) < 4.78 is 22.1. The third-order valence-corrected chi connectivity index (χ3v) is 5.93. The van der Waals surface area contributed by atoms with Crippen molar-refractivity contribution in [2.75, 3.05) is 24.5 Å². The summed E-state index contributed by atoms with van der Waals surface area (Å²) in [4.78, 5) is 26.4. The van der Waals surface area contributed by atoms with E-state index in [1.807, 2.05) is 32.6 Å². The van der Waals surface area contributed by atoms with E-state index in [2.05, 4.69) is 5.32 Å². The Labute approximate surface area is 180 Å². The maximum Gasteiger partial charge on any atom is 0.407 e. The molecule has 1 saturated carbocycles. The lowest BCUT2D eigenvalue weighted by Crippen LogP contribution is -2.36. The molecule has 0 spiro atoms. The number of fused-ring (bicyclic) bond motifs is 1. The molecule has 0 radical (unpaired) electrons. The molecule has 2 aromatic rings. The average molecular weight is 432 g/mol. The van der Waals surface area contributed by atoms with E-state index in [-0.39, 0.29) is 23.3 Å². The number of rotatable bonds is 4. The van der Waals surface area contributed by atoms with Crippen molar-refractivity contribution in [2.24, 2.45) is 5.92 Å². The zero-order chi connectivity index (χ0) is 22.5. The summed E-state index contributed by atoms with van der Waals surface area (Å²) in [5, 5.41) is 13.5. The standard InChI is InChI=1S/C23H30FN3O4/c1-13-20-16(18(28)10-19(29)27(20)15-5-6-15)9-17(24)21(13)26-8-7-14(12-26)11-25-22(30)31-23(2,3)4/h9-10,14-15,28H,5-8,11-12H2,1-4H3,(H,25,30)/t14-/m1/s1. The van der Waals surface area contributed by atoms with E-state index in [0.29, 0.717) is 41.8 Å². The second-order valence-electron chi connectivity index (χ2n) is 9.68. The van der Waals surface area contributed by atoms with Crippen LogP contribution in [0.1, 0.15) is 51.6 Å². The maximum absolute atomic E-state index is 15.2. The lowest BCUT2D eigenvalue weighted by Gasteiger charge is -2.24. The smallest absolute Gasteiger partial charge is 0.407 e. The van der Waals surface area contributed by atoms with Crippen molar-refractivity contribution in [1.82, 2.24) is 9.88 Å². The van der Waals surface area contributed by atoms with Crippen molar-refractivity contribution in [1.29, 1.82) is 0 Å². The fourth-order valence-electron chi connectivity index (χ4n) is 4.46. The number of amides is 1. The minimum Gasteiger partial charge on any atom is -0.507 e. The number of hydrogen-bond donors (Lipinski definition) is 2. The molecular formula is C23H30FN3O4. The van der Waals surface area contributed by atoms with Gasteiger partial charge in [0.25, 0.3) is 5.56 Å². The van der Waals surface area contributed by atoms with E-state index >= 15 is 4.39 Å². The van der Waals surface area contributed by atoms with E-state index in [4.69, 9.17) is 4.74 Å². The summed E-state index contributed by atoms with van der Waals surface area (Å²) in [6.45, 7) is 8.94. The molecule has 1 atom stereocenters. The highest BCUT2D eigenvalue weighted by Crippen LogP contribution is 2.41. The Morgan fingerprint density at radius 3 is 2.65 bits per heavy atom. The van der Waals surface area contributed by atoms with Gasteiger partial charge in [-0.1, -0.05) is 0 Å². The van der Waals surface area contributed by atoms with Gasteiger partial charge in [-0.2, -0.15) is 0 Å². The zero-order valence-electron chi connectivity index (χ0n) is 18.5. The van der Waals surface area contributed by atoms with E-state index < -0.39 is 17.5 Å². The van der Waals surface area contributed by atoms with Gasteiger partial charge in [0.1, 0.15) is 17.2 Å². The van der Waals surface area contributed by atoms with Crippen LogP contribution in [0.2, 0.25) is 0 Å². The maximum atomic E-state index is 15.2. The molecule has 1 aliphatic carbocycles. The number of aryl methyl sites for hydroxylation is 1. The number of carbonyl (C=O) groups is 1. The predicted octanol–water partition coefficient (Wildman–Crippen LogP) is 3.84. The molecule has 2 aliphatic rings. The van der Waals surface area contributed by atoms with Gasteiger partial charge in [-0.25, -0.2) is 9.18 Å². The number of carbonyl (C=O) groups excluding carboxylic acids is 1. The van der Waals surface area contributed by atoms with Crippen molar-refractivity contribution in [3.63, 3.8) is 0 Å². The monoisotopic (exact) mass is 431 g/mol. The van der Waals surface area contributed by atoms with Crippen molar-refractivity contribution in [3.05, 3.63) is 33.9 Å². The van der Waals surface area contributed by atoms with Gasteiger partial charge in [-0.3, -0.25) is 4.79 Å². The fraction of sp³-hybridized carbons (Fsp3) is 0.565. The summed E-state index contributed by atoms with van der Waals surface area (Å²) in [5.41, 5.74) is 0.926. The second-order valence-corrected chi connectivity index (χ2v) is 9.68. The molecule has 1 saturated heterocycles. The number of nitrogens with zero attached hydrogens (tertiary/aromatic N) is 2. The summed E-state index contributed by atoms with van der Waals surface area (Å²) in [5.74, 6) is -0.440. The highest BCUT2D eigenvalue weighted by Gasteiger charge is 2.31. The van der Waals surface area contributed by atoms with Crippen molar-refractivity contribution >= 4 is 22.7 Å². The van der Waals surface area contributed by atoms with Gasteiger partial charge >= 0.3 is 6.09 Å². The Bertz CT molecular complexity index is 1090. The van der Waals surface area contributed by atoms with Gasteiger partial charge < -0.3 is 24.6 Å². The number of ether oxygens (including phenoxy) is 1. The van der Waals surface area contributed by atoms with E-state index in [9.17, 15) is 14.7 Å². The predicted molar refractivity (Wildman–Crippen MR) is 117 cm³/mol. The lowest BCUT2D eigenvalue weighted by atomic mass is 10.1. The molecule has 1 amide bonds. The number of hydrogen-bond acceptors (Lipinski definition) is 5. The third kappa shape index (κ3) is 4.34. The molecule has 7 nitrogen and oxygen atoms in total. The van der Waals surface area contributed by atoms with E-state index in [1.54, 1.807) is 4.57 Å². The molecule has 4 rings (SSSR count). The first-order valence-electron chi connectivity index (χ1n) is 10.8. The van der Waals surface area contributed by atoms with Gasteiger partial charge in [0.15, 0.2) is 0 Å². The van der Waals surface area contributed by atoms with Crippen LogP contribution < -0.4 is 15.8 Å². The van der Waals surface area contributed by atoms with E-state index in [0.717, 1.165) is 19.3 Å². The van der Waals surface area contributed by atoms with Gasteiger partial charge in [0.2, 0.25) is 0 Å². The number of nitrogens with one attached hydrogen (secondary N) is 1. The zero-order valence-corrected chi connectivity index (χ0v) is 18.5.